The van der Waals surface area contributed by atoms with Gasteiger partial charge in [0.05, 0.1) is 11.7 Å². The molecule has 0 saturated carbocycles. The molecule has 6 N–H and O–H groups in total. The van der Waals surface area contributed by atoms with Crippen LogP contribution in [0.1, 0.15) is 32.8 Å². The van der Waals surface area contributed by atoms with Crippen LogP contribution in [0.25, 0.3) is 0 Å². The predicted octanol–water partition coefficient (Wildman–Crippen LogP) is 2.18. The summed E-state index contributed by atoms with van der Waals surface area (Å²) in [6.45, 7) is 2.91. The molecule has 13 nitrogen and oxygen atoms in total. The number of alkyl halides is 2. The molecular weight excluding hydrogens is 527 g/mol. The lowest BCUT2D eigenvalue weighted by Gasteiger charge is -2.31. The third kappa shape index (κ3) is 6.27. The Labute approximate surface area is 210 Å². The summed E-state index contributed by atoms with van der Waals surface area (Å²) >= 11 is 0. The molecule has 2 aliphatic rings. The van der Waals surface area contributed by atoms with Crippen LogP contribution in [-0.4, -0.2) is 79.3 Å². The van der Waals surface area contributed by atoms with Crippen molar-refractivity contribution in [3.05, 3.63) is 17.4 Å². The van der Waals surface area contributed by atoms with Gasteiger partial charge in [0.1, 0.15) is 23.6 Å². The number of nitrogens with one attached hydrogen (secondary N) is 1. The number of hydrogen-bond acceptors (Lipinski definition) is 8. The maximum absolute atomic E-state index is 15.5. The maximum Gasteiger partial charge on any atom is 0.412 e. The summed E-state index contributed by atoms with van der Waals surface area (Å²) in [6.07, 6.45) is -6.44. The standard InChI is InChI=1S/C20H25F3N4O8S.H3N/c1-20(2,3)35-19(32)25(5-4-14(21)22)8-10-6-11-12(27(10)18(30)31)7-13(28)17(16(11)23)26-9-15(29)24-36(26,33)34;/h7,10,14,28H,4-6,8-9H2,1-3H3,(H,24,29)(H,30,31);1H3/t10-;/m1./s1. The zero-order valence-corrected chi connectivity index (χ0v) is 21.0. The van der Waals surface area contributed by atoms with Crippen LogP contribution in [0, 0.1) is 5.82 Å². The van der Waals surface area contributed by atoms with Gasteiger partial charge in [0.15, 0.2) is 5.82 Å². The number of hydrogen-bond donors (Lipinski definition) is 4. The fourth-order valence-electron chi connectivity index (χ4n) is 3.97. The zero-order valence-electron chi connectivity index (χ0n) is 20.2. The van der Waals surface area contributed by atoms with Gasteiger partial charge in [-0.1, -0.05) is 0 Å². The summed E-state index contributed by atoms with van der Waals surface area (Å²) in [6, 6.07) is -0.348. The molecule has 1 fully saturated rings. The number of benzene rings is 1. The molecule has 0 unspecified atom stereocenters. The molecule has 1 saturated heterocycles. The summed E-state index contributed by atoms with van der Waals surface area (Å²) in [5, 5.41) is 20.2. The van der Waals surface area contributed by atoms with Gasteiger partial charge in [0.2, 0.25) is 6.43 Å². The number of carbonyl (C=O) groups excluding carboxylic acids is 2. The third-order valence-electron chi connectivity index (χ3n) is 5.34. The van der Waals surface area contributed by atoms with E-state index in [1.165, 1.54) is 0 Å². The van der Waals surface area contributed by atoms with Crippen LogP contribution >= 0.6 is 0 Å². The van der Waals surface area contributed by atoms with E-state index in [1.807, 2.05) is 0 Å². The lowest BCUT2D eigenvalue weighted by molar-refractivity contribution is -0.117. The van der Waals surface area contributed by atoms with Crippen LogP contribution in [0.4, 0.5) is 34.1 Å². The highest BCUT2D eigenvalue weighted by molar-refractivity contribution is 7.92. The van der Waals surface area contributed by atoms with Crippen LogP contribution < -0.4 is 20.1 Å². The first-order valence-corrected chi connectivity index (χ1v) is 12.1. The van der Waals surface area contributed by atoms with Gasteiger partial charge < -0.3 is 26.0 Å². The highest BCUT2D eigenvalue weighted by Gasteiger charge is 2.43. The monoisotopic (exact) mass is 555 g/mol. The second-order valence-corrected chi connectivity index (χ2v) is 10.8. The fraction of sp³-hybridized carbons (Fsp3) is 0.550. The molecule has 0 aromatic heterocycles. The summed E-state index contributed by atoms with van der Waals surface area (Å²) in [4.78, 5) is 37.8. The van der Waals surface area contributed by atoms with Crippen molar-refractivity contribution in [1.29, 1.82) is 0 Å². The number of aromatic hydroxyl groups is 1. The topological polar surface area (TPSA) is 192 Å². The number of phenolic OH excluding ortho intramolecular Hbond substituents is 1. The Bertz CT molecular complexity index is 1190. The van der Waals surface area contributed by atoms with E-state index in [1.54, 1.807) is 25.5 Å². The lowest BCUT2D eigenvalue weighted by atomic mass is 10.1. The molecule has 2 aliphatic heterocycles. The quantitative estimate of drug-likeness (QED) is 0.407. The number of anilines is 2. The van der Waals surface area contributed by atoms with E-state index >= 15 is 4.39 Å². The first-order valence-electron chi connectivity index (χ1n) is 10.7. The largest absolute Gasteiger partial charge is 0.506 e. The van der Waals surface area contributed by atoms with Crippen molar-refractivity contribution >= 4 is 39.7 Å². The first-order chi connectivity index (χ1) is 16.5. The number of phenols is 1. The van der Waals surface area contributed by atoms with E-state index < -0.39 is 89.7 Å². The molecule has 1 aromatic rings. The number of rotatable bonds is 6. The first kappa shape index (κ1) is 29.8. The number of nitrogens with zero attached hydrogens (tertiary/aromatic N) is 3. The molecule has 17 heteroatoms. The second-order valence-electron chi connectivity index (χ2n) is 9.21. The van der Waals surface area contributed by atoms with Gasteiger partial charge in [0, 0.05) is 37.6 Å². The number of amides is 3. The van der Waals surface area contributed by atoms with Crippen molar-refractivity contribution in [3.8, 4) is 5.75 Å². The summed E-state index contributed by atoms with van der Waals surface area (Å²) in [5.74, 6) is -3.19. The molecular formula is C20H28F3N5O8S. The Morgan fingerprint density at radius 1 is 1.32 bits per heavy atom. The molecule has 37 heavy (non-hydrogen) atoms. The van der Waals surface area contributed by atoms with E-state index in [-0.39, 0.29) is 23.8 Å². The number of fused-ring (bicyclic) bond motifs is 1. The Balaban J connectivity index is 0.00000481. The predicted molar refractivity (Wildman–Crippen MR) is 124 cm³/mol. The van der Waals surface area contributed by atoms with Gasteiger partial charge >= 0.3 is 22.4 Å². The molecule has 1 atom stereocenters. The summed E-state index contributed by atoms with van der Waals surface area (Å²) in [7, 11) is -4.49. The average Bonchev–Trinajstić information content (AvgIpc) is 3.19. The molecule has 3 amide bonds. The smallest absolute Gasteiger partial charge is 0.412 e. The second kappa shape index (κ2) is 10.5. The maximum atomic E-state index is 15.5. The van der Waals surface area contributed by atoms with Crippen molar-refractivity contribution in [2.45, 2.75) is 51.7 Å². The van der Waals surface area contributed by atoms with Crippen LogP contribution in [0.5, 0.6) is 5.75 Å². The Morgan fingerprint density at radius 3 is 2.43 bits per heavy atom. The van der Waals surface area contributed by atoms with E-state index in [0.29, 0.717) is 9.21 Å². The fourth-order valence-corrected chi connectivity index (χ4v) is 5.13. The Hall–Kier alpha value is -3.47. The zero-order chi connectivity index (χ0) is 27.2. The minimum atomic E-state index is -4.49. The Morgan fingerprint density at radius 2 is 1.95 bits per heavy atom. The van der Waals surface area contributed by atoms with Crippen LogP contribution in [0.3, 0.4) is 0 Å². The Kier molecular flexibility index (Phi) is 8.43. The van der Waals surface area contributed by atoms with Crippen LogP contribution in [0.15, 0.2) is 6.07 Å². The number of carboxylic acid groups (broad SMARTS) is 1. The van der Waals surface area contributed by atoms with Gasteiger partial charge in [-0.15, -0.1) is 0 Å². The van der Waals surface area contributed by atoms with Gasteiger partial charge in [0.25, 0.3) is 5.91 Å². The lowest BCUT2D eigenvalue weighted by Crippen LogP contribution is -2.48. The molecule has 0 spiro atoms. The minimum Gasteiger partial charge on any atom is -0.506 e. The van der Waals surface area contributed by atoms with E-state index in [0.717, 1.165) is 11.0 Å². The number of carbonyl (C=O) groups is 3. The van der Waals surface area contributed by atoms with Gasteiger partial charge in [-0.3, -0.25) is 9.69 Å². The molecule has 2 heterocycles. The van der Waals surface area contributed by atoms with Gasteiger partial charge in [-0.2, -0.15) is 8.42 Å². The van der Waals surface area contributed by atoms with Crippen molar-refractivity contribution in [2.24, 2.45) is 0 Å². The molecule has 208 valence electrons. The van der Waals surface area contributed by atoms with Crippen LogP contribution in [0.2, 0.25) is 0 Å². The number of halogens is 3. The van der Waals surface area contributed by atoms with Crippen LogP contribution in [-0.2, 0) is 26.2 Å². The summed E-state index contributed by atoms with van der Waals surface area (Å²) in [5.41, 5.74) is -2.45. The van der Waals surface area contributed by atoms with Gasteiger partial charge in [-0.25, -0.2) is 31.8 Å². The molecule has 0 aliphatic carbocycles. The molecule has 1 aromatic carbocycles. The van der Waals surface area contributed by atoms with E-state index in [2.05, 4.69) is 0 Å². The molecule has 0 bridgehead atoms. The normalized spacial score (nSPS) is 18.4. The van der Waals surface area contributed by atoms with Crippen molar-refractivity contribution in [3.63, 3.8) is 0 Å². The SMILES string of the molecule is CC(C)(C)OC(=O)N(CCC(F)F)C[C@H]1Cc2c(cc(O)c(N3CC(=O)NS3(=O)=O)c2F)N1C(=O)O.N. The van der Waals surface area contributed by atoms with E-state index in [4.69, 9.17) is 4.74 Å². The highest BCUT2D eigenvalue weighted by Crippen LogP contribution is 2.44. The van der Waals surface area contributed by atoms with E-state index in [9.17, 15) is 41.8 Å². The minimum absolute atomic E-state index is 0. The van der Waals surface area contributed by atoms with Crippen molar-refractivity contribution in [1.82, 2.24) is 15.8 Å². The van der Waals surface area contributed by atoms with Crippen molar-refractivity contribution in [2.75, 3.05) is 28.8 Å². The van der Waals surface area contributed by atoms with Gasteiger partial charge in [-0.05, 0) is 20.8 Å². The summed E-state index contributed by atoms with van der Waals surface area (Å²) < 4.78 is 72.8. The third-order valence-corrected chi connectivity index (χ3v) is 6.72. The highest BCUT2D eigenvalue weighted by atomic mass is 32.2. The number of ether oxygens (including phenoxy) is 1. The molecule has 0 radical (unpaired) electrons. The molecule has 3 rings (SSSR count). The van der Waals surface area contributed by atoms with Crippen molar-refractivity contribution < 1.29 is 50.9 Å². The average molecular weight is 556 g/mol.